The van der Waals surface area contributed by atoms with Gasteiger partial charge in [-0.2, -0.15) is 0 Å². The standard InChI is InChI=1S/C20H26N2O2/c23-15-17-9-6-14-22(17)13-4-3-12-21-20(24)19-11-5-8-16-7-1-2-10-18(16)19/h1-2,5,7-8,10-11,17,23H,3-4,6,9,12-15H2,(H,21,24). The van der Waals surface area contributed by atoms with Crippen molar-refractivity contribution in [1.82, 2.24) is 10.2 Å². The molecule has 2 aromatic rings. The Morgan fingerprint density at radius 2 is 2.00 bits per heavy atom. The van der Waals surface area contributed by atoms with Crippen LogP contribution in [0.2, 0.25) is 0 Å². The van der Waals surface area contributed by atoms with Crippen LogP contribution in [0.25, 0.3) is 10.8 Å². The zero-order chi connectivity index (χ0) is 16.8. The molecule has 24 heavy (non-hydrogen) atoms. The van der Waals surface area contributed by atoms with Crippen LogP contribution >= 0.6 is 0 Å². The van der Waals surface area contributed by atoms with E-state index in [1.807, 2.05) is 42.5 Å². The Bertz CT molecular complexity index is 681. The molecule has 1 aliphatic rings. The second kappa shape index (κ2) is 8.27. The van der Waals surface area contributed by atoms with Crippen molar-refractivity contribution in [2.45, 2.75) is 31.7 Å². The van der Waals surface area contributed by atoms with Crippen LogP contribution < -0.4 is 5.32 Å². The largest absolute Gasteiger partial charge is 0.395 e. The minimum Gasteiger partial charge on any atom is -0.395 e. The van der Waals surface area contributed by atoms with E-state index in [0.717, 1.165) is 48.7 Å². The molecule has 1 unspecified atom stereocenters. The third kappa shape index (κ3) is 3.94. The first kappa shape index (κ1) is 16.9. The van der Waals surface area contributed by atoms with Gasteiger partial charge in [-0.05, 0) is 55.6 Å². The minimum atomic E-state index is 0.00112. The van der Waals surface area contributed by atoms with Gasteiger partial charge < -0.3 is 10.4 Å². The summed E-state index contributed by atoms with van der Waals surface area (Å²) < 4.78 is 0. The highest BCUT2D eigenvalue weighted by atomic mass is 16.3. The zero-order valence-corrected chi connectivity index (χ0v) is 14.1. The van der Waals surface area contributed by atoms with Gasteiger partial charge in [-0.25, -0.2) is 0 Å². The van der Waals surface area contributed by atoms with Crippen LogP contribution in [0.15, 0.2) is 42.5 Å². The van der Waals surface area contributed by atoms with Crippen molar-refractivity contribution in [3.05, 3.63) is 48.0 Å². The fourth-order valence-corrected chi connectivity index (χ4v) is 3.56. The highest BCUT2D eigenvalue weighted by molar-refractivity contribution is 6.06. The number of aliphatic hydroxyl groups excluding tert-OH is 1. The first-order chi connectivity index (χ1) is 11.8. The van der Waals surface area contributed by atoms with E-state index in [2.05, 4.69) is 10.2 Å². The molecule has 0 aromatic heterocycles. The number of nitrogens with one attached hydrogen (secondary N) is 1. The summed E-state index contributed by atoms with van der Waals surface area (Å²) in [6.45, 7) is 3.06. The highest BCUT2D eigenvalue weighted by Gasteiger charge is 2.22. The Kier molecular flexibility index (Phi) is 5.83. The van der Waals surface area contributed by atoms with Crippen molar-refractivity contribution in [3.63, 3.8) is 0 Å². The van der Waals surface area contributed by atoms with Crippen molar-refractivity contribution >= 4 is 16.7 Å². The topological polar surface area (TPSA) is 52.6 Å². The van der Waals surface area contributed by atoms with E-state index < -0.39 is 0 Å². The van der Waals surface area contributed by atoms with Gasteiger partial charge in [0.15, 0.2) is 0 Å². The molecule has 4 heteroatoms. The molecule has 1 fully saturated rings. The molecule has 1 amide bonds. The molecule has 2 N–H and O–H groups in total. The molecule has 0 bridgehead atoms. The Hall–Kier alpha value is -1.91. The third-order valence-corrected chi connectivity index (χ3v) is 4.90. The Labute approximate surface area is 143 Å². The van der Waals surface area contributed by atoms with Crippen molar-refractivity contribution in [2.24, 2.45) is 0 Å². The van der Waals surface area contributed by atoms with Crippen LogP contribution in [0, 0.1) is 0 Å². The third-order valence-electron chi connectivity index (χ3n) is 4.90. The van der Waals surface area contributed by atoms with Crippen LogP contribution in [-0.4, -0.2) is 48.2 Å². The maximum absolute atomic E-state index is 12.4. The van der Waals surface area contributed by atoms with Gasteiger partial charge in [-0.3, -0.25) is 9.69 Å². The van der Waals surface area contributed by atoms with E-state index >= 15 is 0 Å². The van der Waals surface area contributed by atoms with E-state index in [1.54, 1.807) is 0 Å². The van der Waals surface area contributed by atoms with Gasteiger partial charge in [-0.1, -0.05) is 36.4 Å². The number of likely N-dealkylation sites (tertiary alicyclic amines) is 1. The number of hydrogen-bond acceptors (Lipinski definition) is 3. The number of carbonyl (C=O) groups is 1. The lowest BCUT2D eigenvalue weighted by atomic mass is 10.0. The van der Waals surface area contributed by atoms with Gasteiger partial charge >= 0.3 is 0 Å². The molecule has 0 radical (unpaired) electrons. The first-order valence-electron chi connectivity index (χ1n) is 8.90. The maximum Gasteiger partial charge on any atom is 0.251 e. The van der Waals surface area contributed by atoms with Crippen LogP contribution in [0.1, 0.15) is 36.0 Å². The van der Waals surface area contributed by atoms with E-state index in [4.69, 9.17) is 0 Å². The first-order valence-corrected chi connectivity index (χ1v) is 8.90. The second-order valence-electron chi connectivity index (χ2n) is 6.50. The maximum atomic E-state index is 12.4. The fraction of sp³-hybridized carbons (Fsp3) is 0.450. The van der Waals surface area contributed by atoms with Crippen LogP contribution in [0.5, 0.6) is 0 Å². The molecule has 1 aliphatic heterocycles. The highest BCUT2D eigenvalue weighted by Crippen LogP contribution is 2.19. The Balaban J connectivity index is 1.46. The molecule has 1 heterocycles. The second-order valence-corrected chi connectivity index (χ2v) is 6.50. The summed E-state index contributed by atoms with van der Waals surface area (Å²) >= 11 is 0. The van der Waals surface area contributed by atoms with Gasteiger partial charge in [0.2, 0.25) is 0 Å². The Morgan fingerprint density at radius 3 is 2.88 bits per heavy atom. The lowest BCUT2D eigenvalue weighted by Gasteiger charge is -2.22. The number of rotatable bonds is 7. The average molecular weight is 326 g/mol. The number of hydrogen-bond donors (Lipinski definition) is 2. The molecule has 0 saturated carbocycles. The molecular formula is C20H26N2O2. The molecule has 0 aliphatic carbocycles. The summed E-state index contributed by atoms with van der Waals surface area (Å²) in [6.07, 6.45) is 4.30. The summed E-state index contributed by atoms with van der Waals surface area (Å²) in [7, 11) is 0. The van der Waals surface area contributed by atoms with Gasteiger partial charge in [-0.15, -0.1) is 0 Å². The van der Waals surface area contributed by atoms with E-state index in [1.165, 1.54) is 6.42 Å². The normalized spacial score (nSPS) is 18.1. The number of amides is 1. The number of aliphatic hydroxyl groups is 1. The van der Waals surface area contributed by atoms with Crippen molar-refractivity contribution in [3.8, 4) is 0 Å². The fourth-order valence-electron chi connectivity index (χ4n) is 3.56. The predicted octanol–water partition coefficient (Wildman–Crippen LogP) is 2.81. The molecule has 0 spiro atoms. The summed E-state index contributed by atoms with van der Waals surface area (Å²) in [5, 5.41) is 14.5. The van der Waals surface area contributed by atoms with Gasteiger partial charge in [0.1, 0.15) is 0 Å². The van der Waals surface area contributed by atoms with Gasteiger partial charge in [0.25, 0.3) is 5.91 Å². The van der Waals surface area contributed by atoms with Crippen molar-refractivity contribution < 1.29 is 9.90 Å². The van der Waals surface area contributed by atoms with Gasteiger partial charge in [0, 0.05) is 18.2 Å². The van der Waals surface area contributed by atoms with E-state index in [9.17, 15) is 9.90 Å². The number of carbonyl (C=O) groups excluding carboxylic acids is 1. The SMILES string of the molecule is O=C(NCCCCN1CCCC1CO)c1cccc2ccccc12. The number of fused-ring (bicyclic) bond motifs is 1. The molecule has 2 aromatic carbocycles. The molecule has 1 saturated heterocycles. The number of benzene rings is 2. The van der Waals surface area contributed by atoms with Crippen LogP contribution in [0.4, 0.5) is 0 Å². The lowest BCUT2D eigenvalue weighted by molar-refractivity contribution is 0.0954. The monoisotopic (exact) mass is 326 g/mol. The lowest BCUT2D eigenvalue weighted by Crippen LogP contribution is -2.33. The van der Waals surface area contributed by atoms with Crippen LogP contribution in [-0.2, 0) is 0 Å². The molecule has 1 atom stereocenters. The zero-order valence-electron chi connectivity index (χ0n) is 14.1. The molecule has 128 valence electrons. The molecular weight excluding hydrogens is 300 g/mol. The minimum absolute atomic E-state index is 0.00112. The summed E-state index contributed by atoms with van der Waals surface area (Å²) in [5.74, 6) is 0.00112. The number of nitrogens with zero attached hydrogens (tertiary/aromatic N) is 1. The Morgan fingerprint density at radius 1 is 1.17 bits per heavy atom. The van der Waals surface area contributed by atoms with Crippen molar-refractivity contribution in [2.75, 3.05) is 26.2 Å². The summed E-state index contributed by atoms with van der Waals surface area (Å²) in [6, 6.07) is 14.2. The van der Waals surface area contributed by atoms with Crippen molar-refractivity contribution in [1.29, 1.82) is 0 Å². The number of unbranched alkanes of at least 4 members (excludes halogenated alkanes) is 1. The predicted molar refractivity (Wildman–Crippen MR) is 97.2 cm³/mol. The molecule has 3 rings (SSSR count). The molecule has 4 nitrogen and oxygen atoms in total. The average Bonchev–Trinajstić information content (AvgIpc) is 3.08. The van der Waals surface area contributed by atoms with Crippen LogP contribution in [0.3, 0.4) is 0 Å². The van der Waals surface area contributed by atoms with E-state index in [0.29, 0.717) is 12.6 Å². The van der Waals surface area contributed by atoms with Gasteiger partial charge in [0.05, 0.1) is 6.61 Å². The van der Waals surface area contributed by atoms with E-state index in [-0.39, 0.29) is 12.5 Å². The smallest absolute Gasteiger partial charge is 0.251 e. The summed E-state index contributed by atoms with van der Waals surface area (Å²) in [4.78, 5) is 14.8. The summed E-state index contributed by atoms with van der Waals surface area (Å²) in [5.41, 5.74) is 0.744. The quantitative estimate of drug-likeness (QED) is 0.769.